The SMILES string of the molecule is N#CC1=C[C@@H]2[C@@H]3C[C@H]1C=C[C@]23C#N. The molecule has 0 aromatic carbocycles. The van der Waals surface area contributed by atoms with Crippen LogP contribution < -0.4 is 0 Å². The number of allylic oxidation sites excluding steroid dienone is 4. The Hall–Kier alpha value is -1.54. The van der Waals surface area contributed by atoms with Gasteiger partial charge in [-0.05, 0) is 12.3 Å². The van der Waals surface area contributed by atoms with Crippen LogP contribution in [0.3, 0.4) is 0 Å². The van der Waals surface area contributed by atoms with E-state index in [2.05, 4.69) is 12.1 Å². The van der Waals surface area contributed by atoms with E-state index < -0.39 is 0 Å². The summed E-state index contributed by atoms with van der Waals surface area (Å²) in [4.78, 5) is 0. The molecule has 0 saturated heterocycles. The number of hydrogen-bond donors (Lipinski definition) is 0. The minimum atomic E-state index is -0.227. The van der Waals surface area contributed by atoms with Gasteiger partial charge in [-0.2, -0.15) is 10.5 Å². The Morgan fingerprint density at radius 2 is 2.31 bits per heavy atom. The van der Waals surface area contributed by atoms with Crippen LogP contribution in [0.2, 0.25) is 0 Å². The van der Waals surface area contributed by atoms with Crippen molar-refractivity contribution >= 4 is 0 Å². The van der Waals surface area contributed by atoms with E-state index in [1.54, 1.807) is 0 Å². The molecule has 3 aliphatic rings. The van der Waals surface area contributed by atoms with Gasteiger partial charge in [-0.15, -0.1) is 0 Å². The molecule has 0 heterocycles. The Bertz CT molecular complexity index is 418. The van der Waals surface area contributed by atoms with Crippen molar-refractivity contribution in [2.45, 2.75) is 6.42 Å². The average Bonchev–Trinajstić information content (AvgIpc) is 2.88. The summed E-state index contributed by atoms with van der Waals surface area (Å²) < 4.78 is 0. The van der Waals surface area contributed by atoms with Gasteiger partial charge in [0, 0.05) is 17.4 Å². The van der Waals surface area contributed by atoms with Crippen LogP contribution in [0.15, 0.2) is 23.8 Å². The zero-order valence-electron chi connectivity index (χ0n) is 7.07. The molecule has 0 aromatic heterocycles. The fraction of sp³-hybridized carbons (Fsp3) is 0.455. The van der Waals surface area contributed by atoms with Gasteiger partial charge in [0.25, 0.3) is 0 Å². The quantitative estimate of drug-likeness (QED) is 0.517. The first-order valence-corrected chi connectivity index (χ1v) is 4.54. The first-order valence-electron chi connectivity index (χ1n) is 4.54. The maximum absolute atomic E-state index is 9.06. The molecule has 1 fully saturated rings. The van der Waals surface area contributed by atoms with Crippen LogP contribution in [0.1, 0.15) is 6.42 Å². The smallest absolute Gasteiger partial charge is 0.0950 e. The molecule has 0 amide bonds. The van der Waals surface area contributed by atoms with E-state index >= 15 is 0 Å². The van der Waals surface area contributed by atoms with Crippen molar-refractivity contribution in [2.24, 2.45) is 23.2 Å². The van der Waals surface area contributed by atoms with Crippen LogP contribution in [-0.2, 0) is 0 Å². The van der Waals surface area contributed by atoms with E-state index in [9.17, 15) is 0 Å². The second-order valence-corrected chi connectivity index (χ2v) is 4.11. The Balaban J connectivity index is 2.15. The molecule has 0 radical (unpaired) electrons. The van der Waals surface area contributed by atoms with E-state index in [1.807, 2.05) is 18.2 Å². The lowest BCUT2D eigenvalue weighted by Gasteiger charge is -2.17. The Labute approximate surface area is 76.8 Å². The second-order valence-electron chi connectivity index (χ2n) is 4.11. The molecule has 0 aromatic rings. The predicted molar refractivity (Wildman–Crippen MR) is 46.0 cm³/mol. The molecule has 2 heteroatoms. The summed E-state index contributed by atoms with van der Waals surface area (Å²) in [6.07, 6.45) is 7.09. The van der Waals surface area contributed by atoms with Crippen molar-refractivity contribution in [3.05, 3.63) is 23.8 Å². The fourth-order valence-corrected chi connectivity index (χ4v) is 2.83. The molecule has 0 spiro atoms. The van der Waals surface area contributed by atoms with Gasteiger partial charge in [0.15, 0.2) is 0 Å². The normalized spacial score (nSPS) is 48.8. The zero-order chi connectivity index (χ0) is 9.05. The van der Waals surface area contributed by atoms with Crippen LogP contribution in [-0.4, -0.2) is 0 Å². The van der Waals surface area contributed by atoms with Crippen molar-refractivity contribution in [2.75, 3.05) is 0 Å². The molecule has 0 aliphatic heterocycles. The van der Waals surface area contributed by atoms with E-state index in [1.165, 1.54) is 0 Å². The monoisotopic (exact) mass is 168 g/mol. The van der Waals surface area contributed by atoms with Gasteiger partial charge in [0.05, 0.1) is 17.6 Å². The summed E-state index contributed by atoms with van der Waals surface area (Å²) in [7, 11) is 0. The van der Waals surface area contributed by atoms with Crippen molar-refractivity contribution in [1.82, 2.24) is 0 Å². The highest BCUT2D eigenvalue weighted by molar-refractivity contribution is 5.47. The van der Waals surface area contributed by atoms with Crippen molar-refractivity contribution in [3.8, 4) is 12.1 Å². The summed E-state index contributed by atoms with van der Waals surface area (Å²) in [5.41, 5.74) is 0.641. The Morgan fingerprint density at radius 3 is 3.00 bits per heavy atom. The number of nitrogens with zero attached hydrogens (tertiary/aromatic N) is 2. The summed E-state index contributed by atoms with van der Waals surface area (Å²) in [5, 5.41) is 17.9. The third-order valence-corrected chi connectivity index (χ3v) is 3.68. The zero-order valence-corrected chi connectivity index (χ0v) is 7.07. The highest BCUT2D eigenvalue weighted by Gasteiger charge is 2.66. The molecule has 13 heavy (non-hydrogen) atoms. The van der Waals surface area contributed by atoms with Gasteiger partial charge in [0.1, 0.15) is 0 Å². The molecule has 62 valence electrons. The number of nitriles is 2. The summed E-state index contributed by atoms with van der Waals surface area (Å²) >= 11 is 0. The number of rotatable bonds is 0. The topological polar surface area (TPSA) is 47.6 Å². The van der Waals surface area contributed by atoms with Crippen molar-refractivity contribution in [3.63, 3.8) is 0 Å². The highest BCUT2D eigenvalue weighted by Crippen LogP contribution is 2.68. The van der Waals surface area contributed by atoms with Gasteiger partial charge in [0.2, 0.25) is 0 Å². The molecular formula is C11H8N2. The standard InChI is InChI=1S/C11H8N2/c12-5-8-4-10-9-3-7(8)1-2-11(9,10)6-13/h1-2,4,7,9-10H,3H2/t7-,9+,10-,11-/m1/s1. The maximum atomic E-state index is 9.06. The van der Waals surface area contributed by atoms with E-state index in [4.69, 9.17) is 10.5 Å². The molecule has 3 aliphatic carbocycles. The lowest BCUT2D eigenvalue weighted by Crippen LogP contribution is -2.10. The van der Waals surface area contributed by atoms with Gasteiger partial charge in [-0.25, -0.2) is 0 Å². The number of hydrogen-bond acceptors (Lipinski definition) is 2. The molecular weight excluding hydrogens is 160 g/mol. The van der Waals surface area contributed by atoms with Crippen LogP contribution in [0.4, 0.5) is 0 Å². The molecule has 0 N–H and O–H groups in total. The molecule has 2 bridgehead atoms. The molecule has 3 rings (SSSR count). The average molecular weight is 168 g/mol. The summed E-state index contributed by atoms with van der Waals surface area (Å²) in [5.74, 6) is 1.14. The lowest BCUT2D eigenvalue weighted by molar-refractivity contribution is 0.530. The number of fused-ring (bicyclic) bond motifs is 2. The van der Waals surface area contributed by atoms with Crippen LogP contribution in [0, 0.1) is 45.8 Å². The second kappa shape index (κ2) is 1.86. The van der Waals surface area contributed by atoms with Gasteiger partial charge < -0.3 is 0 Å². The Morgan fingerprint density at radius 1 is 1.46 bits per heavy atom. The van der Waals surface area contributed by atoms with Gasteiger partial charge in [-0.1, -0.05) is 18.2 Å². The molecule has 4 atom stereocenters. The first-order chi connectivity index (χ1) is 6.31. The van der Waals surface area contributed by atoms with Crippen LogP contribution in [0.25, 0.3) is 0 Å². The largest absolute Gasteiger partial charge is 0.197 e. The third kappa shape index (κ3) is 0.595. The third-order valence-electron chi connectivity index (χ3n) is 3.68. The molecule has 2 nitrogen and oxygen atoms in total. The van der Waals surface area contributed by atoms with Gasteiger partial charge >= 0.3 is 0 Å². The van der Waals surface area contributed by atoms with Crippen LogP contribution >= 0.6 is 0 Å². The minimum absolute atomic E-state index is 0.227. The molecule has 0 unspecified atom stereocenters. The van der Waals surface area contributed by atoms with E-state index in [0.29, 0.717) is 17.8 Å². The highest BCUT2D eigenvalue weighted by atomic mass is 14.7. The van der Waals surface area contributed by atoms with E-state index in [0.717, 1.165) is 12.0 Å². The van der Waals surface area contributed by atoms with E-state index in [-0.39, 0.29) is 5.41 Å². The lowest BCUT2D eigenvalue weighted by atomic mass is 9.85. The predicted octanol–water partition coefficient (Wildman–Crippen LogP) is 1.78. The maximum Gasteiger partial charge on any atom is 0.0950 e. The summed E-state index contributed by atoms with van der Waals surface area (Å²) in [6.45, 7) is 0. The van der Waals surface area contributed by atoms with Crippen molar-refractivity contribution < 1.29 is 0 Å². The fourth-order valence-electron chi connectivity index (χ4n) is 2.83. The van der Waals surface area contributed by atoms with Gasteiger partial charge in [-0.3, -0.25) is 0 Å². The van der Waals surface area contributed by atoms with Crippen molar-refractivity contribution in [1.29, 1.82) is 10.5 Å². The molecule has 1 saturated carbocycles. The first kappa shape index (κ1) is 6.92. The Kier molecular flexibility index (Phi) is 0.988. The van der Waals surface area contributed by atoms with Crippen LogP contribution in [0.5, 0.6) is 0 Å². The summed E-state index contributed by atoms with van der Waals surface area (Å²) in [6, 6.07) is 4.62. The minimum Gasteiger partial charge on any atom is -0.197 e.